The zero-order valence-electron chi connectivity index (χ0n) is 19.2. The van der Waals surface area contributed by atoms with Crippen LogP contribution in [0.1, 0.15) is 23.2 Å². The summed E-state index contributed by atoms with van der Waals surface area (Å²) in [6, 6.07) is 5.39. The van der Waals surface area contributed by atoms with E-state index < -0.39 is 6.10 Å². The van der Waals surface area contributed by atoms with Crippen molar-refractivity contribution in [3.05, 3.63) is 23.8 Å². The van der Waals surface area contributed by atoms with Gasteiger partial charge in [-0.25, -0.2) is 0 Å². The van der Waals surface area contributed by atoms with E-state index in [1.54, 1.807) is 12.1 Å². The molecule has 3 fully saturated rings. The number of benzene rings is 1. The number of carbonyl (C=O) groups excluding carboxylic acids is 1. The van der Waals surface area contributed by atoms with Crippen molar-refractivity contribution in [1.29, 1.82) is 0 Å². The van der Waals surface area contributed by atoms with Crippen LogP contribution >= 0.6 is 0 Å². The highest BCUT2D eigenvalue weighted by Gasteiger charge is 2.32. The van der Waals surface area contributed by atoms with Crippen LogP contribution in [0.25, 0.3) is 0 Å². The highest BCUT2D eigenvalue weighted by Crippen LogP contribution is 2.34. The SMILES string of the molecule is O=C(c1ccc2c(c1)OCO2)N(CC1CC1)C[C@@H]1CN(C[C@@H](O)CN2CCOCC2)CCO1. The van der Waals surface area contributed by atoms with Gasteiger partial charge in [0.25, 0.3) is 5.91 Å². The number of fused-ring (bicyclic) bond motifs is 1. The highest BCUT2D eigenvalue weighted by atomic mass is 16.7. The largest absolute Gasteiger partial charge is 0.454 e. The Balaban J connectivity index is 1.17. The molecule has 3 aliphatic heterocycles. The summed E-state index contributed by atoms with van der Waals surface area (Å²) >= 11 is 0. The third kappa shape index (κ3) is 6.16. The van der Waals surface area contributed by atoms with Crippen LogP contribution in [0.5, 0.6) is 11.5 Å². The minimum absolute atomic E-state index is 0.00766. The summed E-state index contributed by atoms with van der Waals surface area (Å²) in [6.45, 7) is 8.16. The number of ether oxygens (including phenoxy) is 4. The second-order valence-corrected chi connectivity index (χ2v) is 9.54. The molecule has 182 valence electrons. The summed E-state index contributed by atoms with van der Waals surface area (Å²) in [4.78, 5) is 19.8. The van der Waals surface area contributed by atoms with Crippen molar-refractivity contribution in [3.63, 3.8) is 0 Å². The van der Waals surface area contributed by atoms with E-state index in [0.717, 1.165) is 45.9 Å². The molecule has 2 saturated heterocycles. The molecular weight excluding hydrogens is 426 g/mol. The summed E-state index contributed by atoms with van der Waals surface area (Å²) in [5.74, 6) is 1.90. The molecule has 1 N–H and O–H groups in total. The first-order valence-electron chi connectivity index (χ1n) is 12.1. The molecular formula is C24H35N3O6. The maximum atomic E-state index is 13.4. The predicted molar refractivity (Wildman–Crippen MR) is 121 cm³/mol. The van der Waals surface area contributed by atoms with Crippen molar-refractivity contribution < 1.29 is 28.8 Å². The summed E-state index contributed by atoms with van der Waals surface area (Å²) in [5, 5.41) is 10.6. The Labute approximate surface area is 195 Å². The molecule has 33 heavy (non-hydrogen) atoms. The van der Waals surface area contributed by atoms with Gasteiger partial charge in [-0.2, -0.15) is 0 Å². The number of hydrogen-bond donors (Lipinski definition) is 1. The average molecular weight is 462 g/mol. The summed E-state index contributed by atoms with van der Waals surface area (Å²) in [6.07, 6.45) is 1.89. The monoisotopic (exact) mass is 461 g/mol. The van der Waals surface area contributed by atoms with Crippen LogP contribution < -0.4 is 9.47 Å². The van der Waals surface area contributed by atoms with E-state index in [4.69, 9.17) is 18.9 Å². The number of β-amino-alcohol motifs (C(OH)–C–C–N with tert-alkyl or cyclic N) is 1. The molecule has 0 bridgehead atoms. The molecule has 1 aromatic carbocycles. The lowest BCUT2D eigenvalue weighted by atomic mass is 10.1. The molecule has 0 aromatic heterocycles. The molecule has 1 aromatic rings. The zero-order valence-corrected chi connectivity index (χ0v) is 19.2. The molecule has 1 aliphatic carbocycles. The van der Waals surface area contributed by atoms with Crippen LogP contribution in [0.15, 0.2) is 18.2 Å². The Morgan fingerprint density at radius 1 is 1.03 bits per heavy atom. The van der Waals surface area contributed by atoms with E-state index >= 15 is 0 Å². The van der Waals surface area contributed by atoms with Gasteiger partial charge in [-0.15, -0.1) is 0 Å². The van der Waals surface area contributed by atoms with Gasteiger partial charge in [-0.1, -0.05) is 0 Å². The van der Waals surface area contributed by atoms with E-state index in [0.29, 0.717) is 49.2 Å². The number of aliphatic hydroxyl groups is 1. The fourth-order valence-corrected chi connectivity index (χ4v) is 4.80. The number of morpholine rings is 2. The van der Waals surface area contributed by atoms with Crippen molar-refractivity contribution in [2.45, 2.75) is 25.0 Å². The number of aliphatic hydroxyl groups excluding tert-OH is 1. The Bertz CT molecular complexity index is 813. The first-order chi connectivity index (χ1) is 16.1. The lowest BCUT2D eigenvalue weighted by Crippen LogP contribution is -2.52. The molecule has 0 radical (unpaired) electrons. The van der Waals surface area contributed by atoms with Gasteiger partial charge in [0.1, 0.15) is 0 Å². The summed E-state index contributed by atoms with van der Waals surface area (Å²) in [5.41, 5.74) is 0.619. The molecule has 4 aliphatic rings. The lowest BCUT2D eigenvalue weighted by molar-refractivity contribution is -0.0557. The average Bonchev–Trinajstić information content (AvgIpc) is 3.51. The maximum absolute atomic E-state index is 13.4. The molecule has 9 heteroatoms. The third-order valence-corrected chi connectivity index (χ3v) is 6.77. The molecule has 1 saturated carbocycles. The number of amides is 1. The standard InChI is InChI=1S/C24H35N3O6/c28-20(13-25-5-8-30-9-6-25)14-26-7-10-31-21(15-26)16-27(12-18-1-2-18)24(29)19-3-4-22-23(11-19)33-17-32-22/h3-4,11,18,20-21,28H,1-2,5-10,12-17H2/t20-,21-/m0/s1. The Kier molecular flexibility index (Phi) is 7.32. The summed E-state index contributed by atoms with van der Waals surface area (Å²) in [7, 11) is 0. The van der Waals surface area contributed by atoms with Crippen LogP contribution in [-0.4, -0.2) is 117 Å². The Morgan fingerprint density at radius 3 is 2.61 bits per heavy atom. The normalized spacial score (nSPS) is 24.6. The second-order valence-electron chi connectivity index (χ2n) is 9.54. The smallest absolute Gasteiger partial charge is 0.254 e. The van der Waals surface area contributed by atoms with Gasteiger partial charge >= 0.3 is 0 Å². The molecule has 3 heterocycles. The highest BCUT2D eigenvalue weighted by molar-refractivity contribution is 5.95. The van der Waals surface area contributed by atoms with Crippen LogP contribution in [-0.2, 0) is 9.47 Å². The van der Waals surface area contributed by atoms with Crippen LogP contribution in [0, 0.1) is 5.92 Å². The Morgan fingerprint density at radius 2 is 1.79 bits per heavy atom. The maximum Gasteiger partial charge on any atom is 0.254 e. The predicted octanol–water partition coefficient (Wildman–Crippen LogP) is 0.661. The van der Waals surface area contributed by atoms with Crippen molar-refractivity contribution in [2.24, 2.45) is 5.92 Å². The minimum Gasteiger partial charge on any atom is -0.454 e. The van der Waals surface area contributed by atoms with E-state index in [9.17, 15) is 9.90 Å². The first kappa shape index (κ1) is 22.9. The Hall–Kier alpha value is -1.91. The first-order valence-corrected chi connectivity index (χ1v) is 12.1. The number of hydrogen-bond acceptors (Lipinski definition) is 8. The van der Waals surface area contributed by atoms with E-state index in [-0.39, 0.29) is 18.8 Å². The second kappa shape index (κ2) is 10.6. The molecule has 0 spiro atoms. The van der Waals surface area contributed by atoms with E-state index in [1.807, 2.05) is 11.0 Å². The molecule has 9 nitrogen and oxygen atoms in total. The topological polar surface area (TPSA) is 83.9 Å². The van der Waals surface area contributed by atoms with E-state index in [1.165, 1.54) is 12.8 Å². The van der Waals surface area contributed by atoms with Crippen molar-refractivity contribution in [3.8, 4) is 11.5 Å². The molecule has 1 amide bonds. The quantitative estimate of drug-likeness (QED) is 0.574. The summed E-state index contributed by atoms with van der Waals surface area (Å²) < 4.78 is 22.3. The van der Waals surface area contributed by atoms with Gasteiger partial charge in [0.05, 0.1) is 32.0 Å². The number of carbonyl (C=O) groups is 1. The lowest BCUT2D eigenvalue weighted by Gasteiger charge is -2.37. The number of nitrogens with zero attached hydrogens (tertiary/aromatic N) is 3. The van der Waals surface area contributed by atoms with Crippen LogP contribution in [0.2, 0.25) is 0 Å². The van der Waals surface area contributed by atoms with Crippen molar-refractivity contribution >= 4 is 5.91 Å². The minimum atomic E-state index is -0.403. The van der Waals surface area contributed by atoms with Crippen molar-refractivity contribution in [1.82, 2.24) is 14.7 Å². The van der Waals surface area contributed by atoms with Crippen molar-refractivity contribution in [2.75, 3.05) is 79.0 Å². The van der Waals surface area contributed by atoms with Gasteiger partial charge in [-0.05, 0) is 37.0 Å². The van der Waals surface area contributed by atoms with Crippen LogP contribution in [0.3, 0.4) is 0 Å². The molecule has 2 atom stereocenters. The number of rotatable bonds is 9. The van der Waals surface area contributed by atoms with E-state index in [2.05, 4.69) is 9.80 Å². The fourth-order valence-electron chi connectivity index (χ4n) is 4.80. The van der Waals surface area contributed by atoms with Gasteiger partial charge in [0, 0.05) is 57.9 Å². The van der Waals surface area contributed by atoms with Gasteiger partial charge in [-0.3, -0.25) is 14.6 Å². The molecule has 5 rings (SSSR count). The zero-order chi connectivity index (χ0) is 22.6. The van der Waals surface area contributed by atoms with Gasteiger partial charge in [0.15, 0.2) is 11.5 Å². The third-order valence-electron chi connectivity index (χ3n) is 6.77. The van der Waals surface area contributed by atoms with Crippen LogP contribution in [0.4, 0.5) is 0 Å². The van der Waals surface area contributed by atoms with Gasteiger partial charge < -0.3 is 29.0 Å². The fraction of sp³-hybridized carbons (Fsp3) is 0.708. The van der Waals surface area contributed by atoms with Gasteiger partial charge in [0.2, 0.25) is 6.79 Å². The molecule has 0 unspecified atom stereocenters.